The summed E-state index contributed by atoms with van der Waals surface area (Å²) in [4.78, 5) is 11.4. The monoisotopic (exact) mass is 256 g/mol. The Morgan fingerprint density at radius 2 is 2.06 bits per heavy atom. The van der Waals surface area contributed by atoms with E-state index in [1.54, 1.807) is 6.92 Å². The first-order chi connectivity index (χ1) is 8.69. The summed E-state index contributed by atoms with van der Waals surface area (Å²) in [5.41, 5.74) is 0. The number of hydrogen-bond acceptors (Lipinski definition) is 4. The second-order valence-corrected chi connectivity index (χ2v) is 4.45. The molecule has 0 aromatic rings. The first-order valence-corrected chi connectivity index (χ1v) is 6.89. The lowest BCUT2D eigenvalue weighted by molar-refractivity contribution is -0.188. The van der Waals surface area contributed by atoms with Gasteiger partial charge < -0.3 is 14.2 Å². The van der Waals surface area contributed by atoms with Gasteiger partial charge in [-0.25, -0.2) is 4.79 Å². The Labute approximate surface area is 109 Å². The summed E-state index contributed by atoms with van der Waals surface area (Å²) in [7, 11) is 0. The maximum Gasteiger partial charge on any atom is 0.334 e. The smallest absolute Gasteiger partial charge is 0.334 e. The molecule has 1 heterocycles. The first kappa shape index (κ1) is 15.0. The van der Waals surface area contributed by atoms with Crippen LogP contribution >= 0.6 is 0 Å². The normalized spacial score (nSPS) is 25.8. The highest BCUT2D eigenvalue weighted by atomic mass is 16.7. The van der Waals surface area contributed by atoms with Crippen LogP contribution in [0.4, 0.5) is 0 Å². The fourth-order valence-corrected chi connectivity index (χ4v) is 1.99. The third-order valence-corrected chi connectivity index (χ3v) is 2.76. The zero-order chi connectivity index (χ0) is 13.4. The molecule has 0 bridgehead atoms. The molecule has 0 N–H and O–H groups in total. The topological polar surface area (TPSA) is 44.8 Å². The van der Waals surface area contributed by atoms with Gasteiger partial charge in [0.25, 0.3) is 0 Å². The minimum Gasteiger partial charge on any atom is -0.469 e. The molecule has 0 aromatic carbocycles. The lowest BCUT2D eigenvalue weighted by atomic mass is 10.1. The summed E-state index contributed by atoms with van der Waals surface area (Å²) < 4.78 is 16.4. The van der Waals surface area contributed by atoms with Crippen molar-refractivity contribution in [1.29, 1.82) is 0 Å². The van der Waals surface area contributed by atoms with E-state index in [4.69, 9.17) is 14.2 Å². The van der Waals surface area contributed by atoms with Crippen molar-refractivity contribution in [3.05, 3.63) is 11.8 Å². The molecule has 1 fully saturated rings. The third-order valence-electron chi connectivity index (χ3n) is 2.76. The molecule has 1 aliphatic heterocycles. The largest absolute Gasteiger partial charge is 0.469 e. The zero-order valence-electron chi connectivity index (χ0n) is 11.6. The molecule has 1 aliphatic rings. The van der Waals surface area contributed by atoms with Crippen molar-refractivity contribution < 1.29 is 19.0 Å². The van der Waals surface area contributed by atoms with Gasteiger partial charge in [-0.3, -0.25) is 0 Å². The fraction of sp³-hybridized carbons (Fsp3) is 0.786. The van der Waals surface area contributed by atoms with Gasteiger partial charge in [-0.05, 0) is 13.3 Å². The Morgan fingerprint density at radius 3 is 2.67 bits per heavy atom. The highest BCUT2D eigenvalue weighted by Gasteiger charge is 2.26. The molecule has 4 heteroatoms. The van der Waals surface area contributed by atoms with Crippen LogP contribution in [0.2, 0.25) is 0 Å². The summed E-state index contributed by atoms with van der Waals surface area (Å²) in [5.74, 6) is 0.358. The van der Waals surface area contributed by atoms with Crippen LogP contribution in [-0.4, -0.2) is 25.0 Å². The number of ether oxygens (including phenoxy) is 3. The molecule has 4 nitrogen and oxygen atoms in total. The van der Waals surface area contributed by atoms with Crippen LogP contribution in [0, 0.1) is 0 Å². The van der Waals surface area contributed by atoms with Gasteiger partial charge in [0.05, 0.1) is 18.8 Å². The molecule has 2 atom stereocenters. The van der Waals surface area contributed by atoms with Gasteiger partial charge >= 0.3 is 5.97 Å². The fourth-order valence-electron chi connectivity index (χ4n) is 1.99. The van der Waals surface area contributed by atoms with Crippen molar-refractivity contribution in [2.45, 2.75) is 65.3 Å². The summed E-state index contributed by atoms with van der Waals surface area (Å²) in [6.07, 6.45) is 5.95. The Bertz CT molecular complexity index is 270. The average Bonchev–Trinajstić information content (AvgIpc) is 2.29. The average molecular weight is 256 g/mol. The maximum atomic E-state index is 11.4. The second kappa shape index (κ2) is 8.14. The molecule has 0 aromatic heterocycles. The van der Waals surface area contributed by atoms with Gasteiger partial charge in [-0.2, -0.15) is 0 Å². The van der Waals surface area contributed by atoms with Crippen molar-refractivity contribution in [1.82, 2.24) is 0 Å². The van der Waals surface area contributed by atoms with E-state index < -0.39 is 0 Å². The number of hydrogen-bond donors (Lipinski definition) is 0. The first-order valence-electron chi connectivity index (χ1n) is 6.89. The molecule has 0 amide bonds. The van der Waals surface area contributed by atoms with Gasteiger partial charge in [0.1, 0.15) is 5.76 Å². The number of rotatable bonds is 6. The zero-order valence-corrected chi connectivity index (χ0v) is 11.6. The van der Waals surface area contributed by atoms with Crippen molar-refractivity contribution in [3.63, 3.8) is 0 Å². The SMILES string of the molecule is CCC[C@@H]1C/C(=C\C(=O)OCC)O[C@H](CCC)O1. The quantitative estimate of drug-likeness (QED) is 0.541. The number of carbonyl (C=O) groups is 1. The highest BCUT2D eigenvalue weighted by molar-refractivity contribution is 5.82. The van der Waals surface area contributed by atoms with Crippen LogP contribution in [0.25, 0.3) is 0 Å². The van der Waals surface area contributed by atoms with Crippen molar-refractivity contribution in [3.8, 4) is 0 Å². The van der Waals surface area contributed by atoms with Gasteiger partial charge in [0.2, 0.25) is 0 Å². The summed E-state index contributed by atoms with van der Waals surface area (Å²) in [6.45, 7) is 6.39. The van der Waals surface area contributed by atoms with Crippen LogP contribution in [0.15, 0.2) is 11.8 Å². The molecule has 0 saturated carbocycles. The van der Waals surface area contributed by atoms with E-state index in [-0.39, 0.29) is 18.4 Å². The van der Waals surface area contributed by atoms with E-state index in [1.807, 2.05) is 0 Å². The highest BCUT2D eigenvalue weighted by Crippen LogP contribution is 2.26. The second-order valence-electron chi connectivity index (χ2n) is 4.45. The van der Waals surface area contributed by atoms with Crippen LogP contribution in [0.1, 0.15) is 52.9 Å². The predicted molar refractivity (Wildman–Crippen MR) is 68.9 cm³/mol. The summed E-state index contributed by atoms with van der Waals surface area (Å²) in [5, 5.41) is 0. The molecule has 0 spiro atoms. The molecular weight excluding hydrogens is 232 g/mol. The Morgan fingerprint density at radius 1 is 1.33 bits per heavy atom. The van der Waals surface area contributed by atoms with Crippen molar-refractivity contribution in [2.75, 3.05) is 6.61 Å². The number of carbonyl (C=O) groups excluding carboxylic acids is 1. The maximum absolute atomic E-state index is 11.4. The predicted octanol–water partition coefficient (Wildman–Crippen LogP) is 3.17. The van der Waals surface area contributed by atoms with Crippen LogP contribution in [0.3, 0.4) is 0 Å². The van der Waals surface area contributed by atoms with E-state index >= 15 is 0 Å². The van der Waals surface area contributed by atoms with Gasteiger partial charge in [-0.1, -0.05) is 26.7 Å². The molecule has 104 valence electrons. The Kier molecular flexibility index (Phi) is 6.80. The summed E-state index contributed by atoms with van der Waals surface area (Å²) in [6, 6.07) is 0. The molecular formula is C14H24O4. The van der Waals surface area contributed by atoms with E-state index in [2.05, 4.69) is 13.8 Å². The van der Waals surface area contributed by atoms with Gasteiger partial charge in [-0.15, -0.1) is 0 Å². The van der Waals surface area contributed by atoms with Gasteiger partial charge in [0, 0.05) is 12.8 Å². The summed E-state index contributed by atoms with van der Waals surface area (Å²) >= 11 is 0. The Balaban J connectivity index is 2.62. The van der Waals surface area contributed by atoms with Crippen LogP contribution < -0.4 is 0 Å². The Hall–Kier alpha value is -1.03. The third kappa shape index (κ3) is 5.08. The minimum atomic E-state index is -0.333. The minimum absolute atomic E-state index is 0.154. The van der Waals surface area contributed by atoms with E-state index in [1.165, 1.54) is 6.08 Å². The standard InChI is InChI=1S/C14H24O4/c1-4-7-11-9-12(10-13(15)16-6-3)18-14(17-11)8-5-2/h10-11,14H,4-9H2,1-3H3/b12-10+/t11-,14-/m1/s1. The van der Waals surface area contributed by atoms with Gasteiger partial charge in [0.15, 0.2) is 6.29 Å². The van der Waals surface area contributed by atoms with E-state index in [0.717, 1.165) is 25.7 Å². The molecule has 0 unspecified atom stereocenters. The van der Waals surface area contributed by atoms with Crippen molar-refractivity contribution in [2.24, 2.45) is 0 Å². The molecule has 1 rings (SSSR count). The van der Waals surface area contributed by atoms with Crippen LogP contribution in [-0.2, 0) is 19.0 Å². The van der Waals surface area contributed by atoms with E-state index in [0.29, 0.717) is 18.8 Å². The lowest BCUT2D eigenvalue weighted by Gasteiger charge is -2.32. The number of esters is 1. The lowest BCUT2D eigenvalue weighted by Crippen LogP contribution is -2.31. The van der Waals surface area contributed by atoms with E-state index in [9.17, 15) is 4.79 Å². The van der Waals surface area contributed by atoms with Crippen LogP contribution in [0.5, 0.6) is 0 Å². The molecule has 18 heavy (non-hydrogen) atoms. The molecule has 0 aliphatic carbocycles. The molecule has 1 saturated heterocycles. The van der Waals surface area contributed by atoms with Crippen molar-refractivity contribution >= 4 is 5.97 Å². The molecule has 0 radical (unpaired) electrons.